The van der Waals surface area contributed by atoms with E-state index in [1.165, 1.54) is 11.7 Å². The second kappa shape index (κ2) is 14.1. The first kappa shape index (κ1) is 31.9. The fourth-order valence-corrected chi connectivity index (χ4v) is 7.16. The largest absolute Gasteiger partial charge is 0.616 e. The van der Waals surface area contributed by atoms with Gasteiger partial charge in [-0.25, -0.2) is 0 Å². The van der Waals surface area contributed by atoms with Crippen molar-refractivity contribution in [3.63, 3.8) is 0 Å². The van der Waals surface area contributed by atoms with E-state index >= 15 is 0 Å². The topological polar surface area (TPSA) is 93.6 Å². The lowest BCUT2D eigenvalue weighted by Gasteiger charge is -2.39. The maximum absolute atomic E-state index is 13.7. The van der Waals surface area contributed by atoms with Crippen LogP contribution < -0.4 is 20.7 Å². The number of carbonyl (C=O) groups excluding carboxylic acids is 1. The zero-order valence-electron chi connectivity index (χ0n) is 24.9. The van der Waals surface area contributed by atoms with Crippen LogP contribution in [0.2, 0.25) is 0 Å². The molecule has 2 fully saturated rings. The average Bonchev–Trinajstić information content (AvgIpc) is 3.36. The molecule has 1 aliphatic carbocycles. The Hall–Kier alpha value is -3.53. The predicted octanol–water partition coefficient (Wildman–Crippen LogP) is 4.82. The minimum Gasteiger partial charge on any atom is -0.616 e. The van der Waals surface area contributed by atoms with Crippen LogP contribution >= 0.6 is 0 Å². The molecular formula is C32H38F3N5O3S. The second-order valence-electron chi connectivity index (χ2n) is 11.2. The first-order chi connectivity index (χ1) is 21.1. The zero-order valence-corrected chi connectivity index (χ0v) is 25.7. The van der Waals surface area contributed by atoms with E-state index in [-0.39, 0.29) is 24.2 Å². The summed E-state index contributed by atoms with van der Waals surface area (Å²) >= 11 is -0.692. The fourth-order valence-electron chi connectivity index (χ4n) is 6.08. The SMILES string of the molecule is CNC(=O)c1ccc(NCC#Cc2cc3c(NC4CCC(N5CC[S+]([O-])CC5)CC4)cccc3n2CC(F)(F)F)c(OC)c1. The normalized spacial score (nSPS) is 19.7. The molecule has 2 aliphatic rings. The maximum Gasteiger partial charge on any atom is 0.406 e. The van der Waals surface area contributed by atoms with Gasteiger partial charge in [0.15, 0.2) is 0 Å². The summed E-state index contributed by atoms with van der Waals surface area (Å²) < 4.78 is 59.3. The van der Waals surface area contributed by atoms with Crippen molar-refractivity contribution in [1.82, 2.24) is 14.8 Å². The Kier molecular flexibility index (Phi) is 10.2. The van der Waals surface area contributed by atoms with E-state index in [1.807, 2.05) is 6.07 Å². The van der Waals surface area contributed by atoms with Crippen LogP contribution in [0.1, 0.15) is 41.7 Å². The molecule has 8 nitrogen and oxygen atoms in total. The highest BCUT2D eigenvalue weighted by atomic mass is 32.2. The monoisotopic (exact) mass is 629 g/mol. The van der Waals surface area contributed by atoms with Gasteiger partial charge in [0.2, 0.25) is 0 Å². The van der Waals surface area contributed by atoms with E-state index < -0.39 is 23.9 Å². The molecule has 0 radical (unpaired) electrons. The Bertz CT molecular complexity index is 1520. The van der Waals surface area contributed by atoms with Gasteiger partial charge in [0.25, 0.3) is 5.91 Å². The molecule has 1 saturated carbocycles. The molecule has 3 aromatic rings. The zero-order chi connectivity index (χ0) is 31.3. The van der Waals surface area contributed by atoms with Gasteiger partial charge in [0, 0.05) is 48.9 Å². The van der Waals surface area contributed by atoms with Crippen molar-refractivity contribution in [2.24, 2.45) is 0 Å². The van der Waals surface area contributed by atoms with Gasteiger partial charge in [0.1, 0.15) is 23.8 Å². The van der Waals surface area contributed by atoms with Crippen LogP contribution in [0.5, 0.6) is 5.75 Å². The number of amides is 1. The van der Waals surface area contributed by atoms with Crippen molar-refractivity contribution < 1.29 is 27.3 Å². The molecule has 0 bridgehead atoms. The standard InChI is InChI=1S/C32H38F3N5O3S/c1-36-31(41)22-8-13-28(30(19-22)43-2)37-14-4-5-25-20-26-27(6-3-7-29(26)40(25)21-32(33,34)35)38-23-9-11-24(12-10-23)39-15-17-44(42)18-16-39/h3,6-8,13,19-20,23-24,37-38H,9-12,14-18,21H2,1-2H3,(H,36,41). The second-order valence-corrected chi connectivity index (χ2v) is 12.8. The van der Waals surface area contributed by atoms with Crippen LogP contribution in [0.25, 0.3) is 10.9 Å². The molecule has 1 aromatic heterocycles. The molecule has 0 spiro atoms. The summed E-state index contributed by atoms with van der Waals surface area (Å²) in [6, 6.07) is 12.8. The van der Waals surface area contributed by atoms with Crippen LogP contribution in [-0.4, -0.2) is 83.5 Å². The minimum absolute atomic E-state index is 0.157. The van der Waals surface area contributed by atoms with Crippen molar-refractivity contribution >= 4 is 39.4 Å². The van der Waals surface area contributed by atoms with Crippen LogP contribution in [0, 0.1) is 11.8 Å². The highest BCUT2D eigenvalue weighted by Crippen LogP contribution is 2.33. The number of benzene rings is 2. The smallest absolute Gasteiger partial charge is 0.406 e. The lowest BCUT2D eigenvalue weighted by Crippen LogP contribution is -2.48. The Morgan fingerprint density at radius 1 is 1.09 bits per heavy atom. The number of fused-ring (bicyclic) bond motifs is 1. The third-order valence-electron chi connectivity index (χ3n) is 8.34. The van der Waals surface area contributed by atoms with E-state index in [0.29, 0.717) is 33.9 Å². The summed E-state index contributed by atoms with van der Waals surface area (Å²) in [6.07, 6.45) is -0.397. The Morgan fingerprint density at radius 3 is 2.52 bits per heavy atom. The van der Waals surface area contributed by atoms with E-state index in [4.69, 9.17) is 4.74 Å². The molecule has 1 saturated heterocycles. The summed E-state index contributed by atoms with van der Waals surface area (Å²) in [5, 5.41) is 10.0. The van der Waals surface area contributed by atoms with Gasteiger partial charge in [-0.3, -0.25) is 9.69 Å². The van der Waals surface area contributed by atoms with Crippen LogP contribution in [0.4, 0.5) is 24.5 Å². The van der Waals surface area contributed by atoms with Crippen LogP contribution in [-0.2, 0) is 17.7 Å². The van der Waals surface area contributed by atoms with E-state index in [9.17, 15) is 22.5 Å². The Balaban J connectivity index is 1.30. The van der Waals surface area contributed by atoms with Crippen molar-refractivity contribution in [2.45, 2.75) is 50.5 Å². The molecule has 5 rings (SSSR count). The van der Waals surface area contributed by atoms with E-state index in [1.54, 1.807) is 43.4 Å². The van der Waals surface area contributed by atoms with Gasteiger partial charge in [-0.05, 0) is 68.0 Å². The van der Waals surface area contributed by atoms with Crippen molar-refractivity contribution in [1.29, 1.82) is 0 Å². The number of hydrogen-bond acceptors (Lipinski definition) is 6. The van der Waals surface area contributed by atoms with Gasteiger partial charge >= 0.3 is 6.18 Å². The molecule has 44 heavy (non-hydrogen) atoms. The van der Waals surface area contributed by atoms with Gasteiger partial charge < -0.3 is 29.8 Å². The van der Waals surface area contributed by atoms with Gasteiger partial charge in [0.05, 0.1) is 30.6 Å². The Labute approximate surface area is 258 Å². The van der Waals surface area contributed by atoms with Crippen LogP contribution in [0.15, 0.2) is 42.5 Å². The van der Waals surface area contributed by atoms with Gasteiger partial charge in [-0.15, -0.1) is 0 Å². The number of ether oxygens (including phenoxy) is 1. The lowest BCUT2D eigenvalue weighted by atomic mass is 9.90. The fraction of sp³-hybridized carbons (Fsp3) is 0.469. The molecular weight excluding hydrogens is 591 g/mol. The molecule has 0 atom stereocenters. The highest BCUT2D eigenvalue weighted by molar-refractivity contribution is 7.91. The lowest BCUT2D eigenvalue weighted by molar-refractivity contribution is -0.140. The van der Waals surface area contributed by atoms with E-state index in [2.05, 4.69) is 32.7 Å². The summed E-state index contributed by atoms with van der Waals surface area (Å²) in [4.78, 5) is 14.4. The first-order valence-corrected chi connectivity index (χ1v) is 16.3. The van der Waals surface area contributed by atoms with E-state index in [0.717, 1.165) is 56.0 Å². The quantitative estimate of drug-likeness (QED) is 0.245. The average molecular weight is 630 g/mol. The predicted molar refractivity (Wildman–Crippen MR) is 169 cm³/mol. The summed E-state index contributed by atoms with van der Waals surface area (Å²) in [5.74, 6) is 7.59. The number of halogens is 3. The summed E-state index contributed by atoms with van der Waals surface area (Å²) in [6.45, 7) is 0.791. The summed E-state index contributed by atoms with van der Waals surface area (Å²) in [7, 11) is 3.03. The number of carbonyl (C=O) groups is 1. The molecule has 2 aromatic carbocycles. The van der Waals surface area contributed by atoms with Gasteiger partial charge in [-0.2, -0.15) is 13.2 Å². The molecule has 1 aliphatic heterocycles. The number of methoxy groups -OCH3 is 1. The van der Waals surface area contributed by atoms with Crippen molar-refractivity contribution in [3.8, 4) is 17.6 Å². The number of aromatic nitrogens is 1. The molecule has 12 heteroatoms. The first-order valence-electron chi connectivity index (χ1n) is 14.8. The maximum atomic E-state index is 13.7. The highest BCUT2D eigenvalue weighted by Gasteiger charge is 2.31. The molecule has 3 N–H and O–H groups in total. The molecule has 2 heterocycles. The summed E-state index contributed by atoms with van der Waals surface area (Å²) in [5.41, 5.74) is 2.62. The van der Waals surface area contributed by atoms with Crippen molar-refractivity contribution in [2.75, 3.05) is 55.9 Å². The third-order valence-corrected chi connectivity index (χ3v) is 9.62. The van der Waals surface area contributed by atoms with Crippen LogP contribution in [0.3, 0.4) is 0 Å². The molecule has 236 valence electrons. The molecule has 0 unspecified atom stereocenters. The number of alkyl halides is 3. The van der Waals surface area contributed by atoms with Gasteiger partial charge in [-0.1, -0.05) is 23.2 Å². The van der Waals surface area contributed by atoms with Crippen molar-refractivity contribution in [3.05, 3.63) is 53.7 Å². The molecule has 1 amide bonds. The number of nitrogens with one attached hydrogen (secondary N) is 3. The number of hydrogen-bond donors (Lipinski definition) is 3. The third kappa shape index (κ3) is 7.75. The Morgan fingerprint density at radius 2 is 1.84 bits per heavy atom. The number of rotatable bonds is 8. The number of anilines is 2. The minimum atomic E-state index is -4.41. The number of nitrogens with zero attached hydrogens (tertiary/aromatic N) is 2.